The fourth-order valence-electron chi connectivity index (χ4n) is 1.68. The van der Waals surface area contributed by atoms with Crippen molar-refractivity contribution in [2.75, 3.05) is 19.4 Å². The molecule has 2 aromatic rings. The number of nitrogens with one attached hydrogen (secondary N) is 2. The van der Waals surface area contributed by atoms with E-state index < -0.39 is 10.0 Å². The number of sulfonamides is 1. The van der Waals surface area contributed by atoms with Crippen molar-refractivity contribution in [3.05, 3.63) is 34.7 Å². The Bertz CT molecular complexity index is 687. The lowest BCUT2D eigenvalue weighted by Crippen LogP contribution is -2.27. The molecule has 0 unspecified atom stereocenters. The third-order valence-electron chi connectivity index (χ3n) is 2.70. The lowest BCUT2D eigenvalue weighted by Gasteiger charge is -2.18. The van der Waals surface area contributed by atoms with Crippen molar-refractivity contribution in [3.8, 4) is 0 Å². The van der Waals surface area contributed by atoms with Crippen molar-refractivity contribution < 1.29 is 8.42 Å². The second-order valence-corrected chi connectivity index (χ2v) is 7.05. The first-order valence-corrected chi connectivity index (χ1v) is 7.95. The number of anilines is 1. The van der Waals surface area contributed by atoms with Crippen molar-refractivity contribution in [3.63, 3.8) is 0 Å². The third-order valence-corrected chi connectivity index (χ3v) is 4.95. The Morgan fingerprint density at radius 1 is 1.45 bits per heavy atom. The van der Waals surface area contributed by atoms with Crippen molar-refractivity contribution >= 4 is 31.8 Å². The van der Waals surface area contributed by atoms with Crippen LogP contribution in [0, 0.1) is 0 Å². The van der Waals surface area contributed by atoms with Crippen LogP contribution < -0.4 is 5.32 Å². The lowest BCUT2D eigenvalue weighted by atomic mass is 10.4. The largest absolute Gasteiger partial charge is 0.372 e. The maximum absolute atomic E-state index is 12.6. The predicted octanol–water partition coefficient (Wildman–Crippen LogP) is 1.43. The van der Waals surface area contributed by atoms with E-state index in [0.29, 0.717) is 10.3 Å². The molecule has 0 aliphatic heterocycles. The highest BCUT2D eigenvalue weighted by Gasteiger charge is 2.25. The Morgan fingerprint density at radius 2 is 2.20 bits per heavy atom. The molecule has 0 atom stereocenters. The van der Waals surface area contributed by atoms with E-state index >= 15 is 0 Å². The molecular weight excluding hydrogens is 346 g/mol. The molecule has 0 aliphatic rings. The first-order valence-electron chi connectivity index (χ1n) is 5.72. The molecule has 2 heterocycles. The van der Waals surface area contributed by atoms with Crippen LogP contribution in [0.15, 0.2) is 34.0 Å². The molecular formula is C11H14BrN5O2S. The number of rotatable bonds is 5. The fourth-order valence-corrected chi connectivity index (χ4v) is 3.49. The molecule has 9 heteroatoms. The molecule has 0 saturated heterocycles. The summed E-state index contributed by atoms with van der Waals surface area (Å²) in [7, 11) is -0.497. The van der Waals surface area contributed by atoms with Crippen LogP contribution in [0.2, 0.25) is 0 Å². The van der Waals surface area contributed by atoms with E-state index in [0.717, 1.165) is 5.56 Å². The van der Waals surface area contributed by atoms with Gasteiger partial charge in [0, 0.05) is 43.1 Å². The zero-order valence-electron chi connectivity index (χ0n) is 11.0. The van der Waals surface area contributed by atoms with Gasteiger partial charge >= 0.3 is 0 Å². The Labute approximate surface area is 125 Å². The number of aromatic amines is 1. The number of hydrogen-bond acceptors (Lipinski definition) is 5. The second-order valence-electron chi connectivity index (χ2n) is 4.12. The van der Waals surface area contributed by atoms with Gasteiger partial charge in [0.25, 0.3) is 0 Å². The summed E-state index contributed by atoms with van der Waals surface area (Å²) >= 11 is 3.24. The zero-order valence-corrected chi connectivity index (χ0v) is 13.4. The zero-order chi connectivity index (χ0) is 14.8. The molecule has 0 spiro atoms. The van der Waals surface area contributed by atoms with Gasteiger partial charge in [-0.15, -0.1) is 0 Å². The smallest absolute Gasteiger partial charge is 0.246 e. The van der Waals surface area contributed by atoms with Crippen molar-refractivity contribution in [2.24, 2.45) is 0 Å². The van der Waals surface area contributed by atoms with Gasteiger partial charge in [0.15, 0.2) is 0 Å². The molecule has 2 rings (SSSR count). The summed E-state index contributed by atoms with van der Waals surface area (Å²) in [6.07, 6.45) is 4.79. The topological polar surface area (TPSA) is 91.0 Å². The van der Waals surface area contributed by atoms with Crippen molar-refractivity contribution in [1.29, 1.82) is 0 Å². The molecule has 0 bridgehead atoms. The Kier molecular flexibility index (Phi) is 4.41. The van der Waals surface area contributed by atoms with E-state index in [1.165, 1.54) is 17.4 Å². The molecule has 0 radical (unpaired) electrons. The van der Waals surface area contributed by atoms with E-state index in [-0.39, 0.29) is 11.4 Å². The number of pyridine rings is 1. The van der Waals surface area contributed by atoms with Gasteiger partial charge in [-0.05, 0) is 22.0 Å². The standard InChI is InChI=1S/C11H14BrN5O2S/c1-13-11-10(3-9(12)6-14-11)20(18,19)17(2)7-8-4-15-16-5-8/h3-6H,7H2,1-2H3,(H,13,14)(H,15,16). The highest BCUT2D eigenvalue weighted by Crippen LogP contribution is 2.25. The van der Waals surface area contributed by atoms with Crippen molar-refractivity contribution in [1.82, 2.24) is 19.5 Å². The SMILES string of the molecule is CNc1ncc(Br)cc1S(=O)(=O)N(C)Cc1cn[nH]c1. The van der Waals surface area contributed by atoms with Gasteiger partial charge in [0.1, 0.15) is 10.7 Å². The van der Waals surface area contributed by atoms with Gasteiger partial charge < -0.3 is 5.32 Å². The van der Waals surface area contributed by atoms with E-state index in [4.69, 9.17) is 0 Å². The predicted molar refractivity (Wildman–Crippen MR) is 78.7 cm³/mol. The van der Waals surface area contributed by atoms with Crippen LogP contribution in [-0.2, 0) is 16.6 Å². The van der Waals surface area contributed by atoms with Crippen molar-refractivity contribution in [2.45, 2.75) is 11.4 Å². The van der Waals surface area contributed by atoms with Crippen LogP contribution in [0.4, 0.5) is 5.82 Å². The van der Waals surface area contributed by atoms with Crippen LogP contribution in [-0.4, -0.2) is 42.0 Å². The van der Waals surface area contributed by atoms with Gasteiger partial charge in [0.05, 0.1) is 6.20 Å². The molecule has 2 N–H and O–H groups in total. The normalized spacial score (nSPS) is 11.8. The van der Waals surface area contributed by atoms with E-state index in [1.807, 2.05) is 0 Å². The van der Waals surface area contributed by atoms with E-state index in [1.54, 1.807) is 25.6 Å². The minimum atomic E-state index is -3.64. The number of H-pyrrole nitrogens is 1. The number of halogens is 1. The first kappa shape index (κ1) is 14.9. The number of hydrogen-bond donors (Lipinski definition) is 2. The first-order chi connectivity index (χ1) is 9.45. The molecule has 0 fully saturated rings. The summed E-state index contributed by atoms with van der Waals surface area (Å²) in [5.74, 6) is 0.312. The summed E-state index contributed by atoms with van der Waals surface area (Å²) in [5, 5.41) is 9.24. The lowest BCUT2D eigenvalue weighted by molar-refractivity contribution is 0.467. The van der Waals surface area contributed by atoms with Gasteiger partial charge in [-0.3, -0.25) is 5.10 Å². The van der Waals surface area contributed by atoms with Gasteiger partial charge in [-0.2, -0.15) is 9.40 Å². The molecule has 20 heavy (non-hydrogen) atoms. The summed E-state index contributed by atoms with van der Waals surface area (Å²) < 4.78 is 27.0. The Hall–Kier alpha value is -1.45. The Morgan fingerprint density at radius 3 is 2.80 bits per heavy atom. The van der Waals surface area contributed by atoms with Crippen LogP contribution in [0.1, 0.15) is 5.56 Å². The second kappa shape index (κ2) is 5.90. The molecule has 0 aliphatic carbocycles. The highest BCUT2D eigenvalue weighted by molar-refractivity contribution is 9.10. The fraction of sp³-hybridized carbons (Fsp3) is 0.273. The summed E-state index contributed by atoms with van der Waals surface area (Å²) in [5.41, 5.74) is 0.782. The van der Waals surface area contributed by atoms with Gasteiger partial charge in [-0.25, -0.2) is 13.4 Å². The maximum atomic E-state index is 12.6. The summed E-state index contributed by atoms with van der Waals surface area (Å²) in [6, 6.07) is 1.53. The van der Waals surface area contributed by atoms with Crippen LogP contribution in [0.25, 0.3) is 0 Å². The number of aromatic nitrogens is 3. The quantitative estimate of drug-likeness (QED) is 0.842. The average Bonchev–Trinajstić information content (AvgIpc) is 2.91. The molecule has 0 aromatic carbocycles. The van der Waals surface area contributed by atoms with Crippen LogP contribution >= 0.6 is 15.9 Å². The average molecular weight is 360 g/mol. The van der Waals surface area contributed by atoms with Crippen LogP contribution in [0.3, 0.4) is 0 Å². The monoisotopic (exact) mass is 359 g/mol. The van der Waals surface area contributed by atoms with E-state index in [2.05, 4.69) is 36.4 Å². The summed E-state index contributed by atoms with van der Waals surface area (Å²) in [6.45, 7) is 0.231. The maximum Gasteiger partial charge on any atom is 0.246 e. The molecule has 108 valence electrons. The molecule has 7 nitrogen and oxygen atoms in total. The minimum absolute atomic E-state index is 0.125. The molecule has 2 aromatic heterocycles. The third kappa shape index (κ3) is 3.00. The Balaban J connectivity index is 2.36. The van der Waals surface area contributed by atoms with E-state index in [9.17, 15) is 8.42 Å². The number of nitrogens with zero attached hydrogens (tertiary/aromatic N) is 3. The summed E-state index contributed by atoms with van der Waals surface area (Å²) in [4.78, 5) is 4.19. The highest BCUT2D eigenvalue weighted by atomic mass is 79.9. The molecule has 0 amide bonds. The molecule has 0 saturated carbocycles. The van der Waals surface area contributed by atoms with Gasteiger partial charge in [-0.1, -0.05) is 0 Å². The van der Waals surface area contributed by atoms with Crippen LogP contribution in [0.5, 0.6) is 0 Å². The minimum Gasteiger partial charge on any atom is -0.372 e. The van der Waals surface area contributed by atoms with Gasteiger partial charge in [0.2, 0.25) is 10.0 Å².